The van der Waals surface area contributed by atoms with Crippen molar-refractivity contribution in [2.75, 3.05) is 6.00 Å². The molecule has 21 heavy (non-hydrogen) atoms. The Bertz CT molecular complexity index is 586. The lowest BCUT2D eigenvalue weighted by Crippen LogP contribution is -2.10. The third-order valence-corrected chi connectivity index (χ3v) is 3.06. The van der Waals surface area contributed by atoms with E-state index < -0.39 is 0 Å². The average molecular weight is 307 g/mol. The van der Waals surface area contributed by atoms with Crippen molar-refractivity contribution < 1.29 is 4.39 Å². The second-order valence-corrected chi connectivity index (χ2v) is 5.17. The van der Waals surface area contributed by atoms with Gasteiger partial charge in [-0.05, 0) is 42.8 Å². The molecule has 0 amide bonds. The summed E-state index contributed by atoms with van der Waals surface area (Å²) in [5.74, 6) is 0.0126. The molecule has 0 aliphatic heterocycles. The number of aliphatic imine (C=N–C) groups is 2. The number of hydrogen-bond donors (Lipinski definition) is 0. The molecule has 4 heteroatoms. The van der Waals surface area contributed by atoms with Crippen LogP contribution in [0.3, 0.4) is 0 Å². The van der Waals surface area contributed by atoms with E-state index >= 15 is 0 Å². The summed E-state index contributed by atoms with van der Waals surface area (Å²) < 4.78 is 13.3. The first-order valence-corrected chi connectivity index (χ1v) is 7.24. The Morgan fingerprint density at radius 3 is 2.67 bits per heavy atom. The van der Waals surface area contributed by atoms with Crippen molar-refractivity contribution in [2.24, 2.45) is 15.9 Å². The molecule has 0 N–H and O–H groups in total. The van der Waals surface area contributed by atoms with Gasteiger partial charge >= 0.3 is 0 Å². The van der Waals surface area contributed by atoms with Crippen LogP contribution >= 0.6 is 11.6 Å². The predicted octanol–water partition coefficient (Wildman–Crippen LogP) is 5.03. The molecule has 112 valence electrons. The van der Waals surface area contributed by atoms with Gasteiger partial charge in [0.2, 0.25) is 0 Å². The average Bonchev–Trinajstić information content (AvgIpc) is 2.44. The van der Waals surface area contributed by atoms with Gasteiger partial charge in [-0.2, -0.15) is 0 Å². The SMILES string of the molecule is C=N/C=C(/C=C/c1ccc(F)c(C)c1)C(=NCCl)C(C)C. The zero-order valence-electron chi connectivity index (χ0n) is 12.6. The first kappa shape index (κ1) is 17.3. The van der Waals surface area contributed by atoms with Gasteiger partial charge in [0.15, 0.2) is 0 Å². The number of aryl methyl sites for hydroxylation is 1. The van der Waals surface area contributed by atoms with E-state index in [9.17, 15) is 4.39 Å². The standard InChI is InChI=1S/C17H20ClFN2/c1-12(2)17(21-11-18)15(10-20-4)7-5-14-6-8-16(19)13(3)9-14/h5-10,12H,4,11H2,1-3H3/b7-5+,15-10-,21-17?. The lowest BCUT2D eigenvalue weighted by Gasteiger charge is -2.10. The molecule has 1 rings (SSSR count). The summed E-state index contributed by atoms with van der Waals surface area (Å²) >= 11 is 5.71. The van der Waals surface area contributed by atoms with Crippen LogP contribution in [0.2, 0.25) is 0 Å². The fourth-order valence-electron chi connectivity index (χ4n) is 1.92. The molecule has 0 aromatic heterocycles. The van der Waals surface area contributed by atoms with Crippen LogP contribution in [0.4, 0.5) is 4.39 Å². The maximum absolute atomic E-state index is 13.3. The van der Waals surface area contributed by atoms with E-state index in [1.807, 2.05) is 26.0 Å². The third kappa shape index (κ3) is 5.27. The minimum Gasteiger partial charge on any atom is -0.273 e. The molecule has 0 saturated carbocycles. The van der Waals surface area contributed by atoms with Crippen molar-refractivity contribution in [1.29, 1.82) is 0 Å². The molecule has 0 radical (unpaired) electrons. The number of allylic oxidation sites excluding steroid dienone is 2. The van der Waals surface area contributed by atoms with E-state index in [-0.39, 0.29) is 17.7 Å². The van der Waals surface area contributed by atoms with E-state index in [4.69, 9.17) is 11.6 Å². The molecule has 0 atom stereocenters. The highest BCUT2D eigenvalue weighted by molar-refractivity contribution is 6.19. The highest BCUT2D eigenvalue weighted by Crippen LogP contribution is 2.15. The van der Waals surface area contributed by atoms with Gasteiger partial charge < -0.3 is 0 Å². The van der Waals surface area contributed by atoms with Crippen molar-refractivity contribution in [3.05, 3.63) is 53.0 Å². The minimum atomic E-state index is -0.206. The summed E-state index contributed by atoms with van der Waals surface area (Å²) in [4.78, 5) is 8.12. The monoisotopic (exact) mass is 306 g/mol. The van der Waals surface area contributed by atoms with E-state index in [1.54, 1.807) is 25.3 Å². The summed E-state index contributed by atoms with van der Waals surface area (Å²) in [7, 11) is 0. The number of rotatable bonds is 6. The van der Waals surface area contributed by atoms with Crippen molar-refractivity contribution in [3.63, 3.8) is 0 Å². The maximum atomic E-state index is 13.3. The van der Waals surface area contributed by atoms with Gasteiger partial charge in [0.25, 0.3) is 0 Å². The fourth-order valence-corrected chi connectivity index (χ4v) is 2.05. The number of benzene rings is 1. The van der Waals surface area contributed by atoms with Crippen molar-refractivity contribution in [2.45, 2.75) is 20.8 Å². The smallest absolute Gasteiger partial charge is 0.126 e. The third-order valence-electron chi connectivity index (χ3n) is 2.94. The first-order valence-electron chi connectivity index (χ1n) is 6.70. The Kier molecular flexibility index (Phi) is 7.03. The molecule has 0 unspecified atom stereocenters. The molecule has 0 saturated heterocycles. The molecular weight excluding hydrogens is 287 g/mol. The molecule has 0 aliphatic carbocycles. The van der Waals surface area contributed by atoms with Gasteiger partial charge in [-0.25, -0.2) is 4.39 Å². The second kappa shape index (κ2) is 8.53. The molecule has 2 nitrogen and oxygen atoms in total. The van der Waals surface area contributed by atoms with Gasteiger partial charge in [0, 0.05) is 17.5 Å². The van der Waals surface area contributed by atoms with Gasteiger partial charge in [0.1, 0.15) is 11.8 Å². The summed E-state index contributed by atoms with van der Waals surface area (Å²) in [6.07, 6.45) is 5.45. The Balaban J connectivity index is 3.10. The Morgan fingerprint density at radius 1 is 1.43 bits per heavy atom. The Hall–Kier alpha value is -1.74. The van der Waals surface area contributed by atoms with E-state index in [1.165, 1.54) is 6.07 Å². The topological polar surface area (TPSA) is 24.7 Å². The van der Waals surface area contributed by atoms with Crippen molar-refractivity contribution in [1.82, 2.24) is 0 Å². The van der Waals surface area contributed by atoms with Crippen LogP contribution in [0.15, 0.2) is 46.0 Å². The normalized spacial score (nSPS) is 13.2. The minimum absolute atomic E-state index is 0.200. The zero-order chi connectivity index (χ0) is 15.8. The fraction of sp³-hybridized carbons (Fsp3) is 0.294. The Labute approximate surface area is 130 Å². The maximum Gasteiger partial charge on any atom is 0.126 e. The Morgan fingerprint density at radius 2 is 2.14 bits per heavy atom. The van der Waals surface area contributed by atoms with Crippen molar-refractivity contribution >= 4 is 30.1 Å². The van der Waals surface area contributed by atoms with Crippen LogP contribution in [-0.4, -0.2) is 18.4 Å². The molecule has 1 aromatic rings. The molecule has 0 aliphatic rings. The molecular formula is C17H20ClFN2. The second-order valence-electron chi connectivity index (χ2n) is 4.93. The number of nitrogens with zero attached hydrogens (tertiary/aromatic N) is 2. The van der Waals surface area contributed by atoms with E-state index in [2.05, 4.69) is 16.7 Å². The first-order chi connectivity index (χ1) is 9.99. The number of hydrogen-bond acceptors (Lipinski definition) is 2. The quantitative estimate of drug-likeness (QED) is 0.305. The summed E-state index contributed by atoms with van der Waals surface area (Å²) in [5.41, 5.74) is 3.25. The van der Waals surface area contributed by atoms with Crippen LogP contribution < -0.4 is 0 Å². The van der Waals surface area contributed by atoms with Gasteiger partial charge in [0.05, 0.1) is 0 Å². The highest BCUT2D eigenvalue weighted by Gasteiger charge is 2.09. The lowest BCUT2D eigenvalue weighted by atomic mass is 9.99. The van der Waals surface area contributed by atoms with Gasteiger partial charge in [-0.3, -0.25) is 9.98 Å². The van der Waals surface area contributed by atoms with Crippen LogP contribution in [0.1, 0.15) is 25.0 Å². The number of halogens is 2. The van der Waals surface area contributed by atoms with Crippen LogP contribution in [0, 0.1) is 18.7 Å². The highest BCUT2D eigenvalue weighted by atomic mass is 35.5. The summed E-state index contributed by atoms with van der Waals surface area (Å²) in [6.45, 7) is 9.30. The van der Waals surface area contributed by atoms with Crippen LogP contribution in [0.5, 0.6) is 0 Å². The van der Waals surface area contributed by atoms with Gasteiger partial charge in [-0.15, -0.1) is 11.6 Å². The zero-order valence-corrected chi connectivity index (χ0v) is 13.4. The summed E-state index contributed by atoms with van der Waals surface area (Å²) in [5, 5.41) is 0. The van der Waals surface area contributed by atoms with E-state index in [0.29, 0.717) is 5.56 Å². The van der Waals surface area contributed by atoms with Crippen LogP contribution in [-0.2, 0) is 0 Å². The van der Waals surface area contributed by atoms with Gasteiger partial charge in [-0.1, -0.05) is 32.1 Å². The van der Waals surface area contributed by atoms with Crippen LogP contribution in [0.25, 0.3) is 6.08 Å². The number of alkyl halides is 1. The molecule has 0 spiro atoms. The molecule has 1 aromatic carbocycles. The molecule has 0 fully saturated rings. The summed E-state index contributed by atoms with van der Waals surface area (Å²) in [6, 6.07) is 5.18. The van der Waals surface area contributed by atoms with Crippen molar-refractivity contribution in [3.8, 4) is 0 Å². The molecule has 0 heterocycles. The molecule has 0 bridgehead atoms. The van der Waals surface area contributed by atoms with E-state index in [0.717, 1.165) is 16.8 Å². The largest absolute Gasteiger partial charge is 0.273 e. The lowest BCUT2D eigenvalue weighted by molar-refractivity contribution is 0.618. The predicted molar refractivity (Wildman–Crippen MR) is 90.8 cm³/mol.